The van der Waals surface area contributed by atoms with E-state index in [2.05, 4.69) is 29.1 Å². The number of nitrogens with zero attached hydrogens (tertiary/aromatic N) is 4. The zero-order valence-corrected chi connectivity index (χ0v) is 12.7. The van der Waals surface area contributed by atoms with E-state index < -0.39 is 0 Å². The average molecular weight is 276 g/mol. The summed E-state index contributed by atoms with van der Waals surface area (Å²) in [5.41, 5.74) is 14.5. The molecule has 6 heteroatoms. The van der Waals surface area contributed by atoms with E-state index in [-0.39, 0.29) is 5.92 Å². The van der Waals surface area contributed by atoms with Gasteiger partial charge in [0.2, 0.25) is 5.65 Å². The van der Waals surface area contributed by atoms with Crippen LogP contribution in [0, 0.1) is 5.92 Å². The Kier molecular flexibility index (Phi) is 4.11. The Morgan fingerprint density at radius 1 is 1.10 bits per heavy atom. The summed E-state index contributed by atoms with van der Waals surface area (Å²) < 4.78 is 1.67. The summed E-state index contributed by atoms with van der Waals surface area (Å²) in [6.07, 6.45) is 3.05. The fourth-order valence-electron chi connectivity index (χ4n) is 2.44. The second-order valence-electron chi connectivity index (χ2n) is 5.61. The summed E-state index contributed by atoms with van der Waals surface area (Å²) in [6, 6.07) is 0. The Balaban J connectivity index is 2.53. The SMILES string of the molecule is CCC(CC)Cc1c(N)nn2c(C(C)C)nnc2c1N. The molecule has 0 spiro atoms. The minimum atomic E-state index is 0.223. The van der Waals surface area contributed by atoms with E-state index in [0.29, 0.717) is 23.1 Å². The normalized spacial score (nSPS) is 11.9. The van der Waals surface area contributed by atoms with Crippen LogP contribution in [0.2, 0.25) is 0 Å². The van der Waals surface area contributed by atoms with Gasteiger partial charge in [-0.3, -0.25) is 0 Å². The fraction of sp³-hybridized carbons (Fsp3) is 0.643. The van der Waals surface area contributed by atoms with Crippen molar-refractivity contribution >= 4 is 17.2 Å². The Hall–Kier alpha value is -1.85. The van der Waals surface area contributed by atoms with Gasteiger partial charge in [0.05, 0.1) is 5.69 Å². The van der Waals surface area contributed by atoms with E-state index in [1.54, 1.807) is 4.52 Å². The Bertz CT molecular complexity index is 597. The molecule has 0 radical (unpaired) electrons. The molecule has 0 aliphatic rings. The molecule has 0 unspecified atom stereocenters. The van der Waals surface area contributed by atoms with E-state index in [4.69, 9.17) is 11.5 Å². The first-order valence-electron chi connectivity index (χ1n) is 7.28. The fourth-order valence-corrected chi connectivity index (χ4v) is 2.44. The molecular formula is C14H24N6. The highest BCUT2D eigenvalue weighted by Crippen LogP contribution is 2.28. The maximum absolute atomic E-state index is 6.25. The monoisotopic (exact) mass is 276 g/mol. The molecule has 0 fully saturated rings. The molecule has 0 atom stereocenters. The van der Waals surface area contributed by atoms with E-state index in [0.717, 1.165) is 30.7 Å². The van der Waals surface area contributed by atoms with Gasteiger partial charge in [-0.15, -0.1) is 15.3 Å². The van der Waals surface area contributed by atoms with Crippen molar-refractivity contribution in [2.75, 3.05) is 11.5 Å². The van der Waals surface area contributed by atoms with Crippen LogP contribution in [0.4, 0.5) is 11.5 Å². The number of hydrogen-bond donors (Lipinski definition) is 2. The van der Waals surface area contributed by atoms with Gasteiger partial charge in [0, 0.05) is 11.5 Å². The zero-order chi connectivity index (χ0) is 14.9. The Labute approximate surface area is 119 Å². The highest BCUT2D eigenvalue weighted by Gasteiger charge is 2.19. The summed E-state index contributed by atoms with van der Waals surface area (Å²) in [5, 5.41) is 12.8. The smallest absolute Gasteiger partial charge is 0.201 e. The summed E-state index contributed by atoms with van der Waals surface area (Å²) in [4.78, 5) is 0. The third-order valence-corrected chi connectivity index (χ3v) is 3.91. The molecule has 2 rings (SSSR count). The number of nitrogens with two attached hydrogens (primary N) is 2. The number of fused-ring (bicyclic) bond motifs is 1. The van der Waals surface area contributed by atoms with Crippen LogP contribution in [0.5, 0.6) is 0 Å². The van der Waals surface area contributed by atoms with Crippen LogP contribution in [-0.4, -0.2) is 19.8 Å². The molecule has 0 aromatic carbocycles. The van der Waals surface area contributed by atoms with Crippen LogP contribution in [0.25, 0.3) is 5.65 Å². The Morgan fingerprint density at radius 2 is 1.75 bits per heavy atom. The molecule has 0 aliphatic carbocycles. The van der Waals surface area contributed by atoms with Crippen LogP contribution >= 0.6 is 0 Å². The highest BCUT2D eigenvalue weighted by atomic mass is 15.4. The first-order valence-corrected chi connectivity index (χ1v) is 7.28. The predicted molar refractivity (Wildman–Crippen MR) is 81.5 cm³/mol. The lowest BCUT2D eigenvalue weighted by atomic mass is 9.94. The van der Waals surface area contributed by atoms with Crippen LogP contribution < -0.4 is 11.5 Å². The summed E-state index contributed by atoms with van der Waals surface area (Å²) in [5.74, 6) is 2.06. The number of rotatable bonds is 5. The minimum Gasteiger partial charge on any atom is -0.395 e. The Morgan fingerprint density at radius 3 is 2.30 bits per heavy atom. The molecule has 110 valence electrons. The quantitative estimate of drug-likeness (QED) is 0.874. The maximum Gasteiger partial charge on any atom is 0.201 e. The van der Waals surface area contributed by atoms with Gasteiger partial charge in [0.25, 0.3) is 0 Å². The van der Waals surface area contributed by atoms with Crippen LogP contribution in [0.1, 0.15) is 57.8 Å². The van der Waals surface area contributed by atoms with Crippen molar-refractivity contribution in [3.8, 4) is 0 Å². The van der Waals surface area contributed by atoms with Gasteiger partial charge in [-0.2, -0.15) is 4.52 Å². The van der Waals surface area contributed by atoms with Crippen LogP contribution in [-0.2, 0) is 6.42 Å². The number of nitrogen functional groups attached to an aromatic ring is 2. The average Bonchev–Trinajstić information content (AvgIpc) is 2.83. The van der Waals surface area contributed by atoms with Gasteiger partial charge < -0.3 is 11.5 Å². The third-order valence-electron chi connectivity index (χ3n) is 3.91. The zero-order valence-electron chi connectivity index (χ0n) is 12.7. The summed E-state index contributed by atoms with van der Waals surface area (Å²) in [6.45, 7) is 8.45. The molecule has 4 N–H and O–H groups in total. The highest BCUT2D eigenvalue weighted by molar-refractivity contribution is 5.72. The van der Waals surface area contributed by atoms with Crippen molar-refractivity contribution < 1.29 is 0 Å². The molecule has 6 nitrogen and oxygen atoms in total. The van der Waals surface area contributed by atoms with Crippen molar-refractivity contribution in [1.82, 2.24) is 19.8 Å². The predicted octanol–water partition coefficient (Wildman–Crippen LogP) is 2.39. The van der Waals surface area contributed by atoms with Gasteiger partial charge >= 0.3 is 0 Å². The van der Waals surface area contributed by atoms with Crippen molar-refractivity contribution in [1.29, 1.82) is 0 Å². The van der Waals surface area contributed by atoms with Crippen LogP contribution in [0.3, 0.4) is 0 Å². The molecule has 0 saturated carbocycles. The molecule has 2 aromatic heterocycles. The van der Waals surface area contributed by atoms with Crippen LogP contribution in [0.15, 0.2) is 0 Å². The van der Waals surface area contributed by atoms with E-state index in [1.165, 1.54) is 0 Å². The van der Waals surface area contributed by atoms with E-state index in [9.17, 15) is 0 Å². The standard InChI is InChI=1S/C14H24N6/c1-5-9(6-2)7-10-11(15)14-18-17-13(8(3)4)20(14)19-12(10)16/h8-9H,5-7,15H2,1-4H3,(H2,16,19). The topological polar surface area (TPSA) is 95.1 Å². The number of hydrogen-bond acceptors (Lipinski definition) is 5. The lowest BCUT2D eigenvalue weighted by Gasteiger charge is -2.16. The summed E-state index contributed by atoms with van der Waals surface area (Å²) in [7, 11) is 0. The number of aromatic nitrogens is 4. The van der Waals surface area contributed by atoms with Crippen molar-refractivity contribution in [3.63, 3.8) is 0 Å². The van der Waals surface area contributed by atoms with E-state index >= 15 is 0 Å². The molecule has 2 aromatic rings. The van der Waals surface area contributed by atoms with Gasteiger partial charge in [0.15, 0.2) is 5.82 Å². The maximum atomic E-state index is 6.25. The minimum absolute atomic E-state index is 0.223. The lowest BCUT2D eigenvalue weighted by Crippen LogP contribution is -2.13. The molecule has 2 heterocycles. The first kappa shape index (κ1) is 14.6. The van der Waals surface area contributed by atoms with Crippen molar-refractivity contribution in [3.05, 3.63) is 11.4 Å². The third kappa shape index (κ3) is 2.42. The van der Waals surface area contributed by atoms with Crippen molar-refractivity contribution in [2.45, 2.75) is 52.9 Å². The van der Waals surface area contributed by atoms with Crippen molar-refractivity contribution in [2.24, 2.45) is 5.92 Å². The van der Waals surface area contributed by atoms with E-state index in [1.807, 2.05) is 13.8 Å². The number of anilines is 2. The van der Waals surface area contributed by atoms with Gasteiger partial charge in [-0.1, -0.05) is 40.5 Å². The van der Waals surface area contributed by atoms with Gasteiger partial charge in [-0.25, -0.2) is 0 Å². The summed E-state index contributed by atoms with van der Waals surface area (Å²) >= 11 is 0. The molecule has 0 saturated heterocycles. The largest absolute Gasteiger partial charge is 0.395 e. The van der Waals surface area contributed by atoms with Gasteiger partial charge in [-0.05, 0) is 12.3 Å². The molecule has 0 bridgehead atoms. The first-order chi connectivity index (χ1) is 9.49. The second kappa shape index (κ2) is 5.64. The molecule has 20 heavy (non-hydrogen) atoms. The molecule has 0 aliphatic heterocycles. The van der Waals surface area contributed by atoms with Gasteiger partial charge in [0.1, 0.15) is 5.82 Å². The second-order valence-corrected chi connectivity index (χ2v) is 5.61. The molecular weight excluding hydrogens is 252 g/mol. The molecule has 0 amide bonds. The lowest BCUT2D eigenvalue weighted by molar-refractivity contribution is 0.491.